The van der Waals surface area contributed by atoms with Crippen molar-refractivity contribution >= 4 is 0 Å². The Morgan fingerprint density at radius 3 is 2.82 bits per heavy atom. The number of hydrogen-bond acceptors (Lipinski definition) is 4. The molecule has 0 aromatic carbocycles. The highest BCUT2D eigenvalue weighted by Gasteiger charge is 1.99. The van der Waals surface area contributed by atoms with Crippen molar-refractivity contribution in [2.24, 2.45) is 0 Å². The Hall–Kier alpha value is -0.160. The molecule has 4 nitrogen and oxygen atoms in total. The minimum absolute atomic E-state index is 0.210. The second-order valence-corrected chi connectivity index (χ2v) is 2.26. The number of hydrogen-bond donors (Lipinski definition) is 3. The lowest BCUT2D eigenvalue weighted by Crippen LogP contribution is -2.24. The van der Waals surface area contributed by atoms with Crippen LogP contribution in [0.25, 0.3) is 0 Å². The largest absolute Gasteiger partial charge is 0.394 e. The number of rotatable bonds is 7. The number of aliphatic hydroxyl groups excluding tert-OH is 2. The maximum absolute atomic E-state index is 8.82. The summed E-state index contributed by atoms with van der Waals surface area (Å²) in [7, 11) is 0. The Bertz CT molecular complexity index is 80.1. The monoisotopic (exact) mass is 163 g/mol. The molecule has 68 valence electrons. The molecular formula is C7H17NO3. The second kappa shape index (κ2) is 7.94. The molecule has 0 aromatic heterocycles. The topological polar surface area (TPSA) is 61.7 Å². The smallest absolute Gasteiger partial charge is 0.100 e. The Morgan fingerprint density at radius 1 is 1.55 bits per heavy atom. The molecule has 0 aliphatic carbocycles. The Balaban J connectivity index is 2.89. The fraction of sp³-hybridized carbons (Fsp3) is 1.00. The Kier molecular flexibility index (Phi) is 7.83. The molecule has 1 atom stereocenters. The van der Waals surface area contributed by atoms with Crippen LogP contribution in [0.5, 0.6) is 0 Å². The predicted octanol–water partition coefficient (Wildman–Crippen LogP) is -1.03. The molecule has 0 aromatic rings. The fourth-order valence-corrected chi connectivity index (χ4v) is 0.593. The highest BCUT2D eigenvalue weighted by Crippen LogP contribution is 1.82. The molecule has 0 amide bonds. The zero-order chi connectivity index (χ0) is 8.53. The van der Waals surface area contributed by atoms with Gasteiger partial charge in [0.25, 0.3) is 0 Å². The van der Waals surface area contributed by atoms with Gasteiger partial charge < -0.3 is 20.3 Å². The van der Waals surface area contributed by atoms with Gasteiger partial charge in [-0.15, -0.1) is 0 Å². The van der Waals surface area contributed by atoms with E-state index < -0.39 is 6.10 Å². The highest BCUT2D eigenvalue weighted by molar-refractivity contribution is 4.49. The summed E-state index contributed by atoms with van der Waals surface area (Å²) in [5.41, 5.74) is 0. The molecule has 4 heteroatoms. The SMILES string of the molecule is CCNCCOCC(O)CO. The molecule has 0 aliphatic heterocycles. The summed E-state index contributed by atoms with van der Waals surface area (Å²) >= 11 is 0. The third-order valence-corrected chi connectivity index (χ3v) is 1.19. The standard InChI is InChI=1S/C7H17NO3/c1-2-8-3-4-11-6-7(10)5-9/h7-10H,2-6H2,1H3. The first-order valence-electron chi connectivity index (χ1n) is 3.88. The van der Waals surface area contributed by atoms with Crippen LogP contribution in [0.1, 0.15) is 6.92 Å². The molecular weight excluding hydrogens is 146 g/mol. The summed E-state index contributed by atoms with van der Waals surface area (Å²) < 4.78 is 5.02. The normalized spacial score (nSPS) is 13.4. The van der Waals surface area contributed by atoms with Crippen LogP contribution in [0, 0.1) is 0 Å². The maximum Gasteiger partial charge on any atom is 0.100 e. The zero-order valence-electron chi connectivity index (χ0n) is 6.92. The van der Waals surface area contributed by atoms with Crippen molar-refractivity contribution in [3.8, 4) is 0 Å². The molecule has 1 unspecified atom stereocenters. The van der Waals surface area contributed by atoms with E-state index in [1.165, 1.54) is 0 Å². The third-order valence-electron chi connectivity index (χ3n) is 1.19. The van der Waals surface area contributed by atoms with Crippen LogP contribution < -0.4 is 5.32 Å². The lowest BCUT2D eigenvalue weighted by atomic mass is 10.4. The van der Waals surface area contributed by atoms with E-state index in [4.69, 9.17) is 14.9 Å². The van der Waals surface area contributed by atoms with Gasteiger partial charge in [-0.2, -0.15) is 0 Å². The average molecular weight is 163 g/mol. The maximum atomic E-state index is 8.82. The van der Waals surface area contributed by atoms with E-state index in [1.807, 2.05) is 6.92 Å². The molecule has 11 heavy (non-hydrogen) atoms. The first-order chi connectivity index (χ1) is 5.31. The molecule has 0 saturated heterocycles. The summed E-state index contributed by atoms with van der Waals surface area (Å²) in [5.74, 6) is 0. The van der Waals surface area contributed by atoms with Crippen LogP contribution in [-0.2, 0) is 4.74 Å². The highest BCUT2D eigenvalue weighted by atomic mass is 16.5. The first kappa shape index (κ1) is 10.8. The van der Waals surface area contributed by atoms with Gasteiger partial charge in [-0.05, 0) is 6.54 Å². The van der Waals surface area contributed by atoms with Gasteiger partial charge >= 0.3 is 0 Å². The van der Waals surface area contributed by atoms with Gasteiger partial charge in [-0.3, -0.25) is 0 Å². The molecule has 0 spiro atoms. The third kappa shape index (κ3) is 7.74. The Labute approximate surface area is 67.2 Å². The molecule has 0 fully saturated rings. The van der Waals surface area contributed by atoms with Gasteiger partial charge in [0, 0.05) is 6.54 Å². The van der Waals surface area contributed by atoms with E-state index in [1.54, 1.807) is 0 Å². The number of likely N-dealkylation sites (N-methyl/N-ethyl adjacent to an activating group) is 1. The van der Waals surface area contributed by atoms with Crippen molar-refractivity contribution in [1.82, 2.24) is 5.32 Å². The van der Waals surface area contributed by atoms with E-state index in [9.17, 15) is 0 Å². The lowest BCUT2D eigenvalue weighted by Gasteiger charge is -2.07. The summed E-state index contributed by atoms with van der Waals surface area (Å²) in [6, 6.07) is 0. The number of nitrogens with one attached hydrogen (secondary N) is 1. The molecule has 0 bridgehead atoms. The van der Waals surface area contributed by atoms with Gasteiger partial charge in [0.05, 0.1) is 19.8 Å². The molecule has 0 radical (unpaired) electrons. The minimum atomic E-state index is -0.739. The van der Waals surface area contributed by atoms with Crippen molar-refractivity contribution in [2.45, 2.75) is 13.0 Å². The molecule has 0 heterocycles. The van der Waals surface area contributed by atoms with E-state index in [0.29, 0.717) is 6.61 Å². The van der Waals surface area contributed by atoms with E-state index in [-0.39, 0.29) is 13.2 Å². The van der Waals surface area contributed by atoms with Crippen molar-refractivity contribution in [3.63, 3.8) is 0 Å². The Morgan fingerprint density at radius 2 is 2.27 bits per heavy atom. The number of aliphatic hydroxyl groups is 2. The van der Waals surface area contributed by atoms with Crippen molar-refractivity contribution in [3.05, 3.63) is 0 Å². The summed E-state index contributed by atoms with van der Waals surface area (Å²) in [4.78, 5) is 0. The lowest BCUT2D eigenvalue weighted by molar-refractivity contribution is 0.00740. The quantitative estimate of drug-likeness (QED) is 0.420. The van der Waals surface area contributed by atoms with E-state index in [2.05, 4.69) is 5.32 Å². The van der Waals surface area contributed by atoms with Crippen LogP contribution in [0.3, 0.4) is 0 Å². The second-order valence-electron chi connectivity index (χ2n) is 2.26. The van der Waals surface area contributed by atoms with Gasteiger partial charge in [0.2, 0.25) is 0 Å². The number of ether oxygens (including phenoxy) is 1. The molecule has 0 aliphatic rings. The van der Waals surface area contributed by atoms with E-state index in [0.717, 1.165) is 13.1 Å². The molecule has 0 rings (SSSR count). The van der Waals surface area contributed by atoms with Crippen LogP contribution in [0.4, 0.5) is 0 Å². The average Bonchev–Trinajstić information content (AvgIpc) is 2.04. The first-order valence-corrected chi connectivity index (χ1v) is 3.88. The minimum Gasteiger partial charge on any atom is -0.394 e. The zero-order valence-corrected chi connectivity index (χ0v) is 6.92. The molecule has 0 saturated carbocycles. The van der Waals surface area contributed by atoms with E-state index >= 15 is 0 Å². The summed E-state index contributed by atoms with van der Waals surface area (Å²) in [6.45, 7) is 4.27. The fourth-order valence-electron chi connectivity index (χ4n) is 0.593. The summed E-state index contributed by atoms with van der Waals surface area (Å²) in [5, 5.41) is 20.3. The van der Waals surface area contributed by atoms with Crippen molar-refractivity contribution in [2.75, 3.05) is 32.9 Å². The van der Waals surface area contributed by atoms with Crippen LogP contribution in [0.15, 0.2) is 0 Å². The van der Waals surface area contributed by atoms with Gasteiger partial charge in [0.15, 0.2) is 0 Å². The van der Waals surface area contributed by atoms with Crippen molar-refractivity contribution in [1.29, 1.82) is 0 Å². The van der Waals surface area contributed by atoms with Crippen LogP contribution in [-0.4, -0.2) is 49.2 Å². The van der Waals surface area contributed by atoms with Gasteiger partial charge in [-0.1, -0.05) is 6.92 Å². The van der Waals surface area contributed by atoms with Crippen LogP contribution in [0.2, 0.25) is 0 Å². The van der Waals surface area contributed by atoms with Crippen molar-refractivity contribution < 1.29 is 14.9 Å². The predicted molar refractivity (Wildman–Crippen MR) is 42.5 cm³/mol. The van der Waals surface area contributed by atoms with Gasteiger partial charge in [-0.25, -0.2) is 0 Å². The summed E-state index contributed by atoms with van der Waals surface area (Å²) in [6.07, 6.45) is -0.739. The molecule has 3 N–H and O–H groups in total. The van der Waals surface area contributed by atoms with Crippen LogP contribution >= 0.6 is 0 Å². The van der Waals surface area contributed by atoms with Gasteiger partial charge in [0.1, 0.15) is 6.10 Å².